The van der Waals surface area contributed by atoms with Gasteiger partial charge < -0.3 is 0 Å². The molecule has 0 aliphatic rings. The smallest absolute Gasteiger partial charge is 0.213 e. The van der Waals surface area contributed by atoms with Gasteiger partial charge >= 0.3 is 0 Å². The second-order valence-corrected chi connectivity index (χ2v) is 1.70. The third-order valence-corrected chi connectivity index (χ3v) is 0.987. The summed E-state index contributed by atoms with van der Waals surface area (Å²) in [7, 11) is 0. The molecule has 1 aromatic rings. The van der Waals surface area contributed by atoms with Crippen LogP contribution >= 0.6 is 0 Å². The van der Waals surface area contributed by atoms with Gasteiger partial charge in [0.2, 0.25) is 5.95 Å². The molecule has 0 fully saturated rings. The second kappa shape index (κ2) is 2.09. The summed E-state index contributed by atoms with van der Waals surface area (Å²) in [5.74, 6) is -1.12. The molecule has 0 N–H and O–H groups in total. The molecule has 9 heavy (non-hydrogen) atoms. The fraction of sp³-hybridized carbons (Fsp3) is 0.167. The Hall–Kier alpha value is -0.990. The Labute approximate surface area is 51.3 Å². The molecule has 0 radical (unpaired) electrons. The molecule has 0 aromatic carbocycles. The molecule has 0 aliphatic carbocycles. The van der Waals surface area contributed by atoms with E-state index in [-0.39, 0.29) is 5.69 Å². The SMILES string of the molecule is Cc1nc(F)ccc1F. The number of hydrogen-bond acceptors (Lipinski definition) is 1. The lowest BCUT2D eigenvalue weighted by atomic mass is 10.4. The van der Waals surface area contributed by atoms with E-state index in [0.29, 0.717) is 0 Å². The average molecular weight is 129 g/mol. The topological polar surface area (TPSA) is 12.9 Å². The van der Waals surface area contributed by atoms with E-state index in [4.69, 9.17) is 0 Å². The van der Waals surface area contributed by atoms with Crippen LogP contribution < -0.4 is 0 Å². The normalized spacial score (nSPS) is 9.67. The first-order chi connectivity index (χ1) is 4.20. The summed E-state index contributed by atoms with van der Waals surface area (Å²) in [5.41, 5.74) is 0.0926. The van der Waals surface area contributed by atoms with Crippen molar-refractivity contribution in [2.24, 2.45) is 0 Å². The van der Waals surface area contributed by atoms with Crippen LogP contribution in [0, 0.1) is 18.7 Å². The molecule has 0 aliphatic heterocycles. The van der Waals surface area contributed by atoms with Crippen LogP contribution in [0.25, 0.3) is 0 Å². The molecule has 0 unspecified atom stereocenters. The summed E-state index contributed by atoms with van der Waals surface area (Å²) in [6.07, 6.45) is 0. The van der Waals surface area contributed by atoms with Crippen LogP contribution in [-0.2, 0) is 0 Å². The van der Waals surface area contributed by atoms with E-state index >= 15 is 0 Å². The highest BCUT2D eigenvalue weighted by Crippen LogP contribution is 2.01. The maximum atomic E-state index is 12.3. The van der Waals surface area contributed by atoms with E-state index < -0.39 is 11.8 Å². The van der Waals surface area contributed by atoms with Gasteiger partial charge in [0.05, 0.1) is 5.69 Å². The zero-order valence-corrected chi connectivity index (χ0v) is 4.86. The highest BCUT2D eigenvalue weighted by atomic mass is 19.1. The fourth-order valence-corrected chi connectivity index (χ4v) is 0.513. The quantitative estimate of drug-likeness (QED) is 0.485. The fourth-order valence-electron chi connectivity index (χ4n) is 0.513. The van der Waals surface area contributed by atoms with Crippen molar-refractivity contribution < 1.29 is 8.78 Å². The zero-order chi connectivity index (χ0) is 6.85. The molecule has 1 aromatic heterocycles. The van der Waals surface area contributed by atoms with Gasteiger partial charge in [-0.2, -0.15) is 4.39 Å². The van der Waals surface area contributed by atoms with Crippen LogP contribution in [0.5, 0.6) is 0 Å². The van der Waals surface area contributed by atoms with Crippen LogP contribution in [0.3, 0.4) is 0 Å². The number of nitrogens with zero attached hydrogens (tertiary/aromatic N) is 1. The standard InChI is InChI=1S/C6H5F2N/c1-4-5(7)2-3-6(8)9-4/h2-3H,1H3. The Morgan fingerprint density at radius 3 is 2.44 bits per heavy atom. The van der Waals surface area contributed by atoms with E-state index in [0.717, 1.165) is 12.1 Å². The van der Waals surface area contributed by atoms with E-state index in [2.05, 4.69) is 4.98 Å². The van der Waals surface area contributed by atoms with Crippen molar-refractivity contribution in [3.05, 3.63) is 29.6 Å². The third-order valence-electron chi connectivity index (χ3n) is 0.987. The highest BCUT2D eigenvalue weighted by Gasteiger charge is 1.97. The maximum absolute atomic E-state index is 12.3. The minimum Gasteiger partial charge on any atom is -0.222 e. The van der Waals surface area contributed by atoms with Crippen molar-refractivity contribution in [2.75, 3.05) is 0 Å². The first-order valence-corrected chi connectivity index (χ1v) is 2.49. The largest absolute Gasteiger partial charge is 0.222 e. The van der Waals surface area contributed by atoms with Gasteiger partial charge in [-0.25, -0.2) is 9.37 Å². The van der Waals surface area contributed by atoms with E-state index in [1.54, 1.807) is 0 Å². The molecule has 1 heterocycles. The minimum absolute atomic E-state index is 0.0926. The van der Waals surface area contributed by atoms with E-state index in [9.17, 15) is 8.78 Å². The van der Waals surface area contributed by atoms with Gasteiger partial charge in [0.25, 0.3) is 0 Å². The Morgan fingerprint density at radius 1 is 1.33 bits per heavy atom. The molecule has 0 saturated carbocycles. The molecule has 3 heteroatoms. The van der Waals surface area contributed by atoms with Crippen LogP contribution in [0.2, 0.25) is 0 Å². The number of aryl methyl sites for hydroxylation is 1. The summed E-state index contributed by atoms with van der Waals surface area (Å²) < 4.78 is 24.3. The van der Waals surface area contributed by atoms with Crippen LogP contribution in [0.4, 0.5) is 8.78 Å². The van der Waals surface area contributed by atoms with Crippen molar-refractivity contribution in [3.63, 3.8) is 0 Å². The molecule has 1 nitrogen and oxygen atoms in total. The van der Waals surface area contributed by atoms with Gasteiger partial charge in [-0.1, -0.05) is 0 Å². The number of rotatable bonds is 0. The molecular weight excluding hydrogens is 124 g/mol. The maximum Gasteiger partial charge on any atom is 0.213 e. The lowest BCUT2D eigenvalue weighted by molar-refractivity contribution is 0.550. The summed E-state index contributed by atoms with van der Waals surface area (Å²) in [4.78, 5) is 3.23. The van der Waals surface area contributed by atoms with E-state index in [1.807, 2.05) is 0 Å². The van der Waals surface area contributed by atoms with Crippen LogP contribution in [0.1, 0.15) is 5.69 Å². The lowest BCUT2D eigenvalue weighted by Crippen LogP contribution is -1.89. The number of halogens is 2. The molecule has 0 saturated heterocycles. The predicted octanol–water partition coefficient (Wildman–Crippen LogP) is 1.67. The monoisotopic (exact) mass is 129 g/mol. The lowest BCUT2D eigenvalue weighted by Gasteiger charge is -1.91. The molecule has 0 spiro atoms. The molecule has 0 bridgehead atoms. The third kappa shape index (κ3) is 1.22. The Bertz CT molecular complexity index is 222. The summed E-state index contributed by atoms with van der Waals surface area (Å²) in [5, 5.41) is 0. The number of pyridine rings is 1. The Morgan fingerprint density at radius 2 is 2.00 bits per heavy atom. The second-order valence-electron chi connectivity index (χ2n) is 1.70. The first-order valence-electron chi connectivity index (χ1n) is 2.49. The number of aromatic nitrogens is 1. The molecule has 1 rings (SSSR count). The van der Waals surface area contributed by atoms with Gasteiger partial charge in [0, 0.05) is 0 Å². The van der Waals surface area contributed by atoms with Crippen molar-refractivity contribution in [2.45, 2.75) is 6.92 Å². The van der Waals surface area contributed by atoms with Crippen LogP contribution in [-0.4, -0.2) is 4.98 Å². The van der Waals surface area contributed by atoms with Crippen molar-refractivity contribution >= 4 is 0 Å². The summed E-state index contributed by atoms with van der Waals surface area (Å²) in [6, 6.07) is 2.04. The van der Waals surface area contributed by atoms with Crippen molar-refractivity contribution in [1.82, 2.24) is 4.98 Å². The van der Waals surface area contributed by atoms with Gasteiger partial charge in [0.1, 0.15) is 5.82 Å². The zero-order valence-electron chi connectivity index (χ0n) is 4.86. The Balaban J connectivity index is 3.17. The first kappa shape index (κ1) is 6.13. The molecular formula is C6H5F2N. The summed E-state index contributed by atoms with van der Waals surface area (Å²) in [6.45, 7) is 1.42. The van der Waals surface area contributed by atoms with Crippen LogP contribution in [0.15, 0.2) is 12.1 Å². The molecule has 0 amide bonds. The van der Waals surface area contributed by atoms with E-state index in [1.165, 1.54) is 6.92 Å². The minimum atomic E-state index is -0.645. The van der Waals surface area contributed by atoms with Crippen molar-refractivity contribution in [3.8, 4) is 0 Å². The van der Waals surface area contributed by atoms with Gasteiger partial charge in [0.15, 0.2) is 0 Å². The van der Waals surface area contributed by atoms with Gasteiger partial charge in [-0.05, 0) is 19.1 Å². The average Bonchev–Trinajstić information content (AvgIpc) is 1.80. The predicted molar refractivity (Wildman–Crippen MR) is 28.9 cm³/mol. The van der Waals surface area contributed by atoms with Gasteiger partial charge in [-0.3, -0.25) is 0 Å². The Kier molecular flexibility index (Phi) is 1.42. The highest BCUT2D eigenvalue weighted by molar-refractivity contribution is 5.05. The van der Waals surface area contributed by atoms with Crippen molar-refractivity contribution in [1.29, 1.82) is 0 Å². The molecule has 0 atom stereocenters. The van der Waals surface area contributed by atoms with Gasteiger partial charge in [-0.15, -0.1) is 0 Å². The summed E-state index contributed by atoms with van der Waals surface area (Å²) >= 11 is 0. The number of hydrogen-bond donors (Lipinski definition) is 0. The molecule has 48 valence electrons.